The van der Waals surface area contributed by atoms with Crippen LogP contribution in [0.1, 0.15) is 11.6 Å². The van der Waals surface area contributed by atoms with E-state index in [1.807, 2.05) is 43.3 Å². The van der Waals surface area contributed by atoms with Crippen LogP contribution in [0, 0.1) is 11.3 Å². The van der Waals surface area contributed by atoms with Crippen molar-refractivity contribution < 1.29 is 0 Å². The standard InChI is InChI=1S/C12H16N6/c1-18(2)11-5-3-10(4-6-11)12(9-13)15-7-8-16-17-14/h3-6,12,15H,7-8H2,1-2H3. The van der Waals surface area contributed by atoms with E-state index in [0.29, 0.717) is 13.1 Å². The fourth-order valence-corrected chi connectivity index (χ4v) is 1.51. The largest absolute Gasteiger partial charge is 0.378 e. The number of anilines is 1. The highest BCUT2D eigenvalue weighted by Gasteiger charge is 2.09. The number of nitrogens with one attached hydrogen (secondary N) is 1. The Balaban J connectivity index is 2.65. The first-order valence-corrected chi connectivity index (χ1v) is 5.60. The number of nitriles is 1. The molecule has 0 fully saturated rings. The van der Waals surface area contributed by atoms with Crippen LogP contribution in [0.5, 0.6) is 0 Å². The molecular weight excluding hydrogens is 228 g/mol. The van der Waals surface area contributed by atoms with E-state index in [-0.39, 0.29) is 6.04 Å². The average molecular weight is 244 g/mol. The second kappa shape index (κ2) is 7.17. The Labute approximate surface area is 106 Å². The molecule has 1 rings (SSSR count). The summed E-state index contributed by atoms with van der Waals surface area (Å²) in [5.74, 6) is 0. The Morgan fingerprint density at radius 2 is 2.11 bits per heavy atom. The minimum absolute atomic E-state index is 0.338. The van der Waals surface area contributed by atoms with Gasteiger partial charge in [-0.15, -0.1) is 0 Å². The molecule has 0 amide bonds. The first kappa shape index (κ1) is 13.8. The van der Waals surface area contributed by atoms with Crippen molar-refractivity contribution in [3.05, 3.63) is 40.3 Å². The van der Waals surface area contributed by atoms with Gasteiger partial charge in [0.1, 0.15) is 6.04 Å². The van der Waals surface area contributed by atoms with Gasteiger partial charge in [0.15, 0.2) is 0 Å². The quantitative estimate of drug-likeness (QED) is 0.360. The van der Waals surface area contributed by atoms with Crippen molar-refractivity contribution in [2.75, 3.05) is 32.1 Å². The van der Waals surface area contributed by atoms with Gasteiger partial charge in [0.05, 0.1) is 6.07 Å². The lowest BCUT2D eigenvalue weighted by Crippen LogP contribution is -2.22. The predicted octanol–water partition coefficient (Wildman–Crippen LogP) is 2.22. The van der Waals surface area contributed by atoms with Crippen molar-refractivity contribution in [1.29, 1.82) is 5.26 Å². The Kier molecular flexibility index (Phi) is 5.52. The van der Waals surface area contributed by atoms with Crippen molar-refractivity contribution in [2.45, 2.75) is 6.04 Å². The summed E-state index contributed by atoms with van der Waals surface area (Å²) >= 11 is 0. The zero-order chi connectivity index (χ0) is 13.4. The molecule has 18 heavy (non-hydrogen) atoms. The molecule has 1 N–H and O–H groups in total. The summed E-state index contributed by atoms with van der Waals surface area (Å²) in [7, 11) is 3.93. The van der Waals surface area contributed by atoms with Crippen LogP contribution in [-0.4, -0.2) is 27.2 Å². The van der Waals surface area contributed by atoms with Crippen molar-refractivity contribution >= 4 is 5.69 Å². The molecule has 1 unspecified atom stereocenters. The van der Waals surface area contributed by atoms with Crippen LogP contribution in [0.2, 0.25) is 0 Å². The van der Waals surface area contributed by atoms with Gasteiger partial charge >= 0.3 is 0 Å². The molecule has 0 saturated heterocycles. The summed E-state index contributed by atoms with van der Waals surface area (Å²) in [6.07, 6.45) is 0. The third-order valence-corrected chi connectivity index (χ3v) is 2.50. The summed E-state index contributed by atoms with van der Waals surface area (Å²) in [5.41, 5.74) is 10.1. The molecule has 0 radical (unpaired) electrons. The van der Waals surface area contributed by atoms with Crippen molar-refractivity contribution in [3.8, 4) is 6.07 Å². The molecule has 0 aromatic heterocycles. The molecule has 1 aromatic carbocycles. The maximum atomic E-state index is 9.09. The summed E-state index contributed by atoms with van der Waals surface area (Å²) in [6.45, 7) is 0.822. The lowest BCUT2D eigenvalue weighted by atomic mass is 10.1. The minimum Gasteiger partial charge on any atom is -0.378 e. The van der Waals surface area contributed by atoms with E-state index in [1.54, 1.807) is 0 Å². The van der Waals surface area contributed by atoms with E-state index < -0.39 is 0 Å². The molecule has 1 atom stereocenters. The van der Waals surface area contributed by atoms with Crippen LogP contribution in [0.15, 0.2) is 29.4 Å². The third-order valence-electron chi connectivity index (χ3n) is 2.50. The third kappa shape index (κ3) is 3.98. The zero-order valence-electron chi connectivity index (χ0n) is 10.5. The monoisotopic (exact) mass is 244 g/mol. The Morgan fingerprint density at radius 3 is 2.61 bits per heavy atom. The van der Waals surface area contributed by atoms with E-state index in [4.69, 9.17) is 10.8 Å². The topological polar surface area (TPSA) is 87.8 Å². The average Bonchev–Trinajstić information content (AvgIpc) is 2.39. The van der Waals surface area contributed by atoms with E-state index in [0.717, 1.165) is 11.3 Å². The number of benzene rings is 1. The molecular formula is C12H16N6. The lowest BCUT2D eigenvalue weighted by molar-refractivity contribution is 0.635. The second-order valence-electron chi connectivity index (χ2n) is 3.96. The smallest absolute Gasteiger partial charge is 0.121 e. The number of rotatable bonds is 6. The van der Waals surface area contributed by atoms with Gasteiger partial charge in [-0.05, 0) is 23.2 Å². The molecule has 0 bridgehead atoms. The van der Waals surface area contributed by atoms with E-state index in [1.165, 1.54) is 0 Å². The summed E-state index contributed by atoms with van der Waals surface area (Å²) < 4.78 is 0. The highest BCUT2D eigenvalue weighted by molar-refractivity contribution is 5.47. The maximum absolute atomic E-state index is 9.09. The van der Waals surface area contributed by atoms with Gasteiger partial charge in [-0.1, -0.05) is 17.2 Å². The first-order valence-electron chi connectivity index (χ1n) is 5.60. The van der Waals surface area contributed by atoms with Crippen molar-refractivity contribution in [3.63, 3.8) is 0 Å². The molecule has 6 heteroatoms. The van der Waals surface area contributed by atoms with Crippen molar-refractivity contribution in [2.24, 2.45) is 5.11 Å². The second-order valence-corrected chi connectivity index (χ2v) is 3.96. The van der Waals surface area contributed by atoms with Crippen molar-refractivity contribution in [1.82, 2.24) is 5.32 Å². The molecule has 0 aliphatic rings. The van der Waals surface area contributed by atoms with Crippen LogP contribution < -0.4 is 10.2 Å². The highest BCUT2D eigenvalue weighted by atomic mass is 15.1. The van der Waals surface area contributed by atoms with Crippen LogP contribution in [-0.2, 0) is 0 Å². The normalized spacial score (nSPS) is 11.2. The van der Waals surface area contributed by atoms with E-state index in [9.17, 15) is 0 Å². The molecule has 94 valence electrons. The van der Waals surface area contributed by atoms with E-state index in [2.05, 4.69) is 21.4 Å². The molecule has 0 spiro atoms. The van der Waals surface area contributed by atoms with Gasteiger partial charge < -0.3 is 4.90 Å². The number of hydrogen-bond acceptors (Lipinski definition) is 4. The number of azide groups is 1. The Hall–Kier alpha value is -2.22. The van der Waals surface area contributed by atoms with Gasteiger partial charge in [0.25, 0.3) is 0 Å². The fraction of sp³-hybridized carbons (Fsp3) is 0.417. The number of nitrogens with zero attached hydrogens (tertiary/aromatic N) is 5. The first-order chi connectivity index (χ1) is 8.69. The van der Waals surface area contributed by atoms with E-state index >= 15 is 0 Å². The summed E-state index contributed by atoms with van der Waals surface area (Å²) in [5, 5.41) is 15.5. The minimum atomic E-state index is -0.380. The van der Waals surface area contributed by atoms with Crippen LogP contribution in [0.4, 0.5) is 5.69 Å². The SMILES string of the molecule is CN(C)c1ccc(C(C#N)NCCN=[N+]=[N-])cc1. The molecule has 0 saturated carbocycles. The predicted molar refractivity (Wildman–Crippen MR) is 71.1 cm³/mol. The van der Waals surface area contributed by atoms with Crippen LogP contribution in [0.3, 0.4) is 0 Å². The van der Waals surface area contributed by atoms with Crippen LogP contribution in [0.25, 0.3) is 10.4 Å². The summed E-state index contributed by atoms with van der Waals surface area (Å²) in [6, 6.07) is 9.58. The molecule has 0 aliphatic carbocycles. The zero-order valence-corrected chi connectivity index (χ0v) is 10.5. The van der Waals surface area contributed by atoms with Gasteiger partial charge in [0.2, 0.25) is 0 Å². The van der Waals surface area contributed by atoms with Gasteiger partial charge in [-0.2, -0.15) is 5.26 Å². The molecule has 6 nitrogen and oxygen atoms in total. The Bertz CT molecular complexity index is 452. The number of hydrogen-bond donors (Lipinski definition) is 1. The summed E-state index contributed by atoms with van der Waals surface area (Å²) in [4.78, 5) is 4.66. The van der Waals surface area contributed by atoms with Gasteiger partial charge in [-0.3, -0.25) is 5.32 Å². The fourth-order valence-electron chi connectivity index (χ4n) is 1.51. The Morgan fingerprint density at radius 1 is 1.44 bits per heavy atom. The van der Waals surface area contributed by atoms with Gasteiger partial charge in [-0.25, -0.2) is 0 Å². The molecule has 1 aromatic rings. The van der Waals surface area contributed by atoms with Crippen LogP contribution >= 0.6 is 0 Å². The molecule has 0 heterocycles. The molecule has 0 aliphatic heterocycles. The van der Waals surface area contributed by atoms with Gasteiger partial charge in [0, 0.05) is 37.8 Å². The lowest BCUT2D eigenvalue weighted by Gasteiger charge is -2.15. The maximum Gasteiger partial charge on any atom is 0.121 e. The highest BCUT2D eigenvalue weighted by Crippen LogP contribution is 2.17.